The Kier molecular flexibility index (Phi) is 2.31. The summed E-state index contributed by atoms with van der Waals surface area (Å²) < 4.78 is 5.52. The summed E-state index contributed by atoms with van der Waals surface area (Å²) in [6.45, 7) is 10.5. The highest BCUT2D eigenvalue weighted by Gasteiger charge is 2.28. The monoisotopic (exact) mass is 242 g/mol. The molecule has 18 heavy (non-hydrogen) atoms. The number of hydrogen-bond acceptors (Lipinski definition) is 2. The molecule has 2 nitrogen and oxygen atoms in total. The topological polar surface area (TPSA) is 33.4 Å². The van der Waals surface area contributed by atoms with E-state index in [1.165, 1.54) is 11.1 Å². The molecule has 3 rings (SSSR count). The number of benzene rings is 1. The molecule has 0 aliphatic heterocycles. The number of allylic oxidation sites excluding steroid dienone is 1. The maximum absolute atomic E-state index is 10.5. The first-order valence-electron chi connectivity index (χ1n) is 6.43. The van der Waals surface area contributed by atoms with Gasteiger partial charge in [0.15, 0.2) is 11.3 Å². The number of rotatable bonds is 0. The van der Waals surface area contributed by atoms with Crippen molar-refractivity contribution in [3.8, 4) is 5.75 Å². The van der Waals surface area contributed by atoms with E-state index in [0.29, 0.717) is 11.5 Å². The van der Waals surface area contributed by atoms with Gasteiger partial charge in [-0.1, -0.05) is 13.5 Å². The summed E-state index contributed by atoms with van der Waals surface area (Å²) in [7, 11) is 0. The number of aryl methyl sites for hydroxylation is 2. The lowest BCUT2D eigenvalue weighted by atomic mass is 9.77. The molecule has 1 aromatic carbocycles. The van der Waals surface area contributed by atoms with Crippen LogP contribution in [-0.2, 0) is 0 Å². The molecule has 0 saturated heterocycles. The molecule has 0 radical (unpaired) electrons. The average molecular weight is 242 g/mol. The zero-order valence-corrected chi connectivity index (χ0v) is 11.1. The second-order valence-corrected chi connectivity index (χ2v) is 5.43. The Labute approximate surface area is 107 Å². The van der Waals surface area contributed by atoms with Gasteiger partial charge in [-0.2, -0.15) is 0 Å². The zero-order chi connectivity index (χ0) is 13.0. The van der Waals surface area contributed by atoms with Gasteiger partial charge >= 0.3 is 0 Å². The highest BCUT2D eigenvalue weighted by Crippen LogP contribution is 2.48. The summed E-state index contributed by atoms with van der Waals surface area (Å²) in [5.74, 6) is 0.741. The molecule has 1 aromatic heterocycles. The summed E-state index contributed by atoms with van der Waals surface area (Å²) in [5.41, 5.74) is 6.13. The molecule has 2 aromatic rings. The van der Waals surface area contributed by atoms with Crippen LogP contribution in [0, 0.1) is 13.8 Å². The van der Waals surface area contributed by atoms with Gasteiger partial charge < -0.3 is 9.52 Å². The Bertz CT molecular complexity index is 662. The molecule has 0 bridgehead atoms. The average Bonchev–Trinajstić information content (AvgIpc) is 2.72. The molecule has 2 heteroatoms. The van der Waals surface area contributed by atoms with Gasteiger partial charge in [0.1, 0.15) is 0 Å². The molecule has 1 atom stereocenters. The third-order valence-electron chi connectivity index (χ3n) is 4.20. The van der Waals surface area contributed by atoms with Gasteiger partial charge in [0.25, 0.3) is 0 Å². The Morgan fingerprint density at radius 1 is 1.39 bits per heavy atom. The molecule has 0 fully saturated rings. The molecule has 0 spiro atoms. The minimum absolute atomic E-state index is 0.273. The number of hydrogen-bond donors (Lipinski definition) is 1. The van der Waals surface area contributed by atoms with Gasteiger partial charge in [0.2, 0.25) is 0 Å². The molecule has 94 valence electrons. The van der Waals surface area contributed by atoms with Gasteiger partial charge in [-0.25, -0.2) is 0 Å². The van der Waals surface area contributed by atoms with Gasteiger partial charge in [-0.15, -0.1) is 0 Å². The Balaban J connectivity index is 2.51. The first kappa shape index (κ1) is 11.4. The molecular weight excluding hydrogens is 224 g/mol. The molecule has 1 N–H and O–H groups in total. The number of phenolic OH excluding ortho intramolecular Hbond substituents is 1. The summed E-state index contributed by atoms with van der Waals surface area (Å²) in [6, 6.07) is 0. The van der Waals surface area contributed by atoms with E-state index >= 15 is 0 Å². The fourth-order valence-electron chi connectivity index (χ4n) is 3.28. The minimum atomic E-state index is 0.273. The van der Waals surface area contributed by atoms with E-state index in [1.54, 1.807) is 6.26 Å². The van der Waals surface area contributed by atoms with E-state index in [2.05, 4.69) is 20.4 Å². The van der Waals surface area contributed by atoms with Crippen molar-refractivity contribution in [3.05, 3.63) is 35.1 Å². The van der Waals surface area contributed by atoms with Crippen molar-refractivity contribution in [1.29, 1.82) is 0 Å². The largest absolute Gasteiger partial charge is 0.504 e. The van der Waals surface area contributed by atoms with Crippen molar-refractivity contribution < 1.29 is 9.52 Å². The van der Waals surface area contributed by atoms with E-state index in [9.17, 15) is 5.11 Å². The lowest BCUT2D eigenvalue weighted by molar-refractivity contribution is 0.459. The zero-order valence-electron chi connectivity index (χ0n) is 11.1. The predicted molar refractivity (Wildman–Crippen MR) is 74.0 cm³/mol. The lowest BCUT2D eigenvalue weighted by Gasteiger charge is -2.27. The fraction of sp³-hybridized carbons (Fsp3) is 0.375. The van der Waals surface area contributed by atoms with Crippen molar-refractivity contribution in [2.24, 2.45) is 0 Å². The van der Waals surface area contributed by atoms with Crippen LogP contribution >= 0.6 is 0 Å². The van der Waals surface area contributed by atoms with E-state index in [-0.39, 0.29) is 5.75 Å². The predicted octanol–water partition coefficient (Wildman–Crippen LogP) is 4.67. The third-order valence-corrected chi connectivity index (χ3v) is 4.20. The normalized spacial score (nSPS) is 19.3. The second kappa shape index (κ2) is 3.64. The molecule has 1 aliphatic carbocycles. The first-order chi connectivity index (χ1) is 8.52. The summed E-state index contributed by atoms with van der Waals surface area (Å²) in [5, 5.41) is 11.5. The van der Waals surface area contributed by atoms with E-state index < -0.39 is 0 Å². The van der Waals surface area contributed by atoms with Gasteiger partial charge in [0.05, 0.1) is 6.26 Å². The van der Waals surface area contributed by atoms with Crippen molar-refractivity contribution >= 4 is 16.5 Å². The van der Waals surface area contributed by atoms with Crippen LogP contribution in [0.5, 0.6) is 5.75 Å². The van der Waals surface area contributed by atoms with Crippen LogP contribution in [-0.4, -0.2) is 5.11 Å². The summed E-state index contributed by atoms with van der Waals surface area (Å²) in [4.78, 5) is 0. The fourth-order valence-corrected chi connectivity index (χ4v) is 3.28. The van der Waals surface area contributed by atoms with Crippen LogP contribution in [0.3, 0.4) is 0 Å². The molecule has 1 heterocycles. The highest BCUT2D eigenvalue weighted by atomic mass is 16.3. The Morgan fingerprint density at radius 2 is 2.11 bits per heavy atom. The first-order valence-corrected chi connectivity index (χ1v) is 6.43. The summed E-state index contributed by atoms with van der Waals surface area (Å²) in [6.07, 6.45) is 3.77. The number of fused-ring (bicyclic) bond motifs is 2. The number of aromatic hydroxyl groups is 1. The standard InChI is InChI=1S/C16H18O2/c1-8-5-6-9(2)14-12(8)11(4)13-10(3)7-18-16(13)15(14)17/h7-8,17H,2,5-6H2,1,3-4H3/t8-/m0/s1. The van der Waals surface area contributed by atoms with E-state index in [0.717, 1.165) is 34.9 Å². The van der Waals surface area contributed by atoms with Gasteiger partial charge in [-0.05, 0) is 54.9 Å². The lowest BCUT2D eigenvalue weighted by Crippen LogP contribution is -2.08. The van der Waals surface area contributed by atoms with E-state index in [4.69, 9.17) is 4.42 Å². The SMILES string of the molecule is C=C1CC[C@H](C)c2c1c(O)c1occ(C)c1c2C. The van der Waals surface area contributed by atoms with Crippen molar-refractivity contribution in [2.45, 2.75) is 39.5 Å². The maximum atomic E-state index is 10.5. The quantitative estimate of drug-likeness (QED) is 0.728. The van der Waals surface area contributed by atoms with Crippen LogP contribution in [0.1, 0.15) is 47.9 Å². The molecule has 0 unspecified atom stereocenters. The van der Waals surface area contributed by atoms with Crippen molar-refractivity contribution in [3.63, 3.8) is 0 Å². The van der Waals surface area contributed by atoms with Gasteiger partial charge in [-0.3, -0.25) is 0 Å². The van der Waals surface area contributed by atoms with Crippen LogP contribution in [0.25, 0.3) is 16.5 Å². The molecule has 0 amide bonds. The Morgan fingerprint density at radius 3 is 2.83 bits per heavy atom. The van der Waals surface area contributed by atoms with Crippen molar-refractivity contribution in [1.82, 2.24) is 0 Å². The van der Waals surface area contributed by atoms with Crippen LogP contribution in [0.4, 0.5) is 0 Å². The second-order valence-electron chi connectivity index (χ2n) is 5.43. The maximum Gasteiger partial charge on any atom is 0.176 e. The smallest absolute Gasteiger partial charge is 0.176 e. The highest BCUT2D eigenvalue weighted by molar-refractivity contribution is 5.96. The van der Waals surface area contributed by atoms with Crippen molar-refractivity contribution in [2.75, 3.05) is 0 Å². The number of phenols is 1. The Hall–Kier alpha value is -1.70. The molecule has 1 aliphatic rings. The molecule has 0 saturated carbocycles. The van der Waals surface area contributed by atoms with E-state index in [1.807, 2.05) is 6.92 Å². The van der Waals surface area contributed by atoms with Crippen LogP contribution < -0.4 is 0 Å². The van der Waals surface area contributed by atoms with Crippen LogP contribution in [0.15, 0.2) is 17.3 Å². The van der Waals surface area contributed by atoms with Crippen LogP contribution in [0.2, 0.25) is 0 Å². The minimum Gasteiger partial charge on any atom is -0.504 e. The summed E-state index contributed by atoms with van der Waals surface area (Å²) >= 11 is 0. The molecular formula is C16H18O2. The number of furan rings is 1. The van der Waals surface area contributed by atoms with Gasteiger partial charge in [0, 0.05) is 10.9 Å². The third kappa shape index (κ3) is 1.29.